The highest BCUT2D eigenvalue weighted by Crippen LogP contribution is 2.17. The van der Waals surface area contributed by atoms with Crippen LogP contribution >= 0.6 is 0 Å². The fraction of sp³-hybridized carbons (Fsp3) is 0.0625. The van der Waals surface area contributed by atoms with Gasteiger partial charge in [0.1, 0.15) is 17.4 Å². The molecule has 0 saturated carbocycles. The molecule has 1 N–H and O–H groups in total. The van der Waals surface area contributed by atoms with Gasteiger partial charge in [0, 0.05) is 12.1 Å². The largest absolute Gasteiger partial charge is 0.435 e. The van der Waals surface area contributed by atoms with Crippen LogP contribution in [0.15, 0.2) is 48.5 Å². The number of halogens is 4. The molecule has 0 saturated heterocycles. The summed E-state index contributed by atoms with van der Waals surface area (Å²) in [5.41, 5.74) is 0.406. The SMILES string of the molecule is O=C(/C=C/c1ccc(OC(F)F)cc1)Nc1ccc(F)cc1F. The Balaban J connectivity index is 1.97. The maximum atomic E-state index is 13.4. The van der Waals surface area contributed by atoms with Crippen molar-refractivity contribution < 1.29 is 27.1 Å². The van der Waals surface area contributed by atoms with E-state index >= 15 is 0 Å². The van der Waals surface area contributed by atoms with Crippen LogP contribution in [0.1, 0.15) is 5.56 Å². The van der Waals surface area contributed by atoms with Gasteiger partial charge >= 0.3 is 6.61 Å². The van der Waals surface area contributed by atoms with Gasteiger partial charge in [0.05, 0.1) is 5.69 Å². The third kappa shape index (κ3) is 5.14. The zero-order chi connectivity index (χ0) is 16.8. The zero-order valence-electron chi connectivity index (χ0n) is 11.6. The maximum Gasteiger partial charge on any atom is 0.387 e. The Bertz CT molecular complexity index is 715. The monoisotopic (exact) mass is 325 g/mol. The molecule has 3 nitrogen and oxygen atoms in total. The quantitative estimate of drug-likeness (QED) is 0.660. The number of amides is 1. The van der Waals surface area contributed by atoms with E-state index in [9.17, 15) is 22.4 Å². The first kappa shape index (κ1) is 16.5. The van der Waals surface area contributed by atoms with Crippen LogP contribution in [0.5, 0.6) is 5.75 Å². The number of nitrogens with one attached hydrogen (secondary N) is 1. The number of benzene rings is 2. The second-order valence-corrected chi connectivity index (χ2v) is 4.39. The fourth-order valence-electron chi connectivity index (χ4n) is 1.70. The number of hydrogen-bond donors (Lipinski definition) is 1. The summed E-state index contributed by atoms with van der Waals surface area (Å²) in [7, 11) is 0. The first-order valence-corrected chi connectivity index (χ1v) is 6.43. The molecule has 2 aromatic carbocycles. The van der Waals surface area contributed by atoms with Crippen molar-refractivity contribution in [2.45, 2.75) is 6.61 Å². The molecule has 0 aliphatic carbocycles. The van der Waals surface area contributed by atoms with Crippen molar-refractivity contribution in [1.29, 1.82) is 0 Å². The standard InChI is InChI=1S/C16H11F4NO2/c17-11-4-7-14(13(18)9-11)21-15(22)8-3-10-1-5-12(6-2-10)23-16(19)20/h1-9,16H,(H,21,22)/b8-3+. The molecule has 0 bridgehead atoms. The lowest BCUT2D eigenvalue weighted by Gasteiger charge is -2.04. The van der Waals surface area contributed by atoms with Gasteiger partial charge in [-0.05, 0) is 35.9 Å². The third-order valence-corrected chi connectivity index (χ3v) is 2.72. The predicted molar refractivity (Wildman–Crippen MR) is 77.1 cm³/mol. The minimum atomic E-state index is -2.91. The fourth-order valence-corrected chi connectivity index (χ4v) is 1.70. The Hall–Kier alpha value is -2.83. The predicted octanol–water partition coefficient (Wildman–Crippen LogP) is 4.22. The minimum absolute atomic E-state index is 0.00464. The van der Waals surface area contributed by atoms with Crippen molar-refractivity contribution >= 4 is 17.7 Å². The van der Waals surface area contributed by atoms with Gasteiger partial charge in [0.25, 0.3) is 0 Å². The highest BCUT2D eigenvalue weighted by Gasteiger charge is 2.06. The summed E-state index contributed by atoms with van der Waals surface area (Å²) >= 11 is 0. The number of anilines is 1. The van der Waals surface area contributed by atoms with Crippen LogP contribution in [-0.2, 0) is 4.79 Å². The van der Waals surface area contributed by atoms with Crippen molar-refractivity contribution in [2.75, 3.05) is 5.32 Å². The molecule has 7 heteroatoms. The van der Waals surface area contributed by atoms with Crippen molar-refractivity contribution in [2.24, 2.45) is 0 Å². The lowest BCUT2D eigenvalue weighted by Crippen LogP contribution is -2.09. The summed E-state index contributed by atoms with van der Waals surface area (Å²) in [6.45, 7) is -2.91. The van der Waals surface area contributed by atoms with Crippen LogP contribution < -0.4 is 10.1 Å². The summed E-state index contributed by atoms with van der Waals surface area (Å²) in [4.78, 5) is 11.7. The molecule has 0 radical (unpaired) electrons. The molecule has 0 aliphatic heterocycles. The summed E-state index contributed by atoms with van der Waals surface area (Å²) in [6, 6.07) is 8.37. The second kappa shape index (κ2) is 7.44. The molecular formula is C16H11F4NO2. The van der Waals surface area contributed by atoms with Crippen LogP contribution in [-0.4, -0.2) is 12.5 Å². The van der Waals surface area contributed by atoms with Gasteiger partial charge in [-0.3, -0.25) is 4.79 Å². The average molecular weight is 325 g/mol. The lowest BCUT2D eigenvalue weighted by atomic mass is 10.2. The van der Waals surface area contributed by atoms with Gasteiger partial charge < -0.3 is 10.1 Å². The number of alkyl halides is 2. The highest BCUT2D eigenvalue weighted by atomic mass is 19.3. The Morgan fingerprint density at radius 2 is 1.78 bits per heavy atom. The summed E-state index contributed by atoms with van der Waals surface area (Å²) in [5.74, 6) is -2.26. The van der Waals surface area contributed by atoms with E-state index in [1.165, 1.54) is 30.3 Å². The van der Waals surface area contributed by atoms with Crippen LogP contribution in [0.2, 0.25) is 0 Å². The maximum absolute atomic E-state index is 13.4. The molecule has 0 fully saturated rings. The molecule has 120 valence electrons. The van der Waals surface area contributed by atoms with Crippen molar-refractivity contribution in [3.8, 4) is 5.75 Å². The lowest BCUT2D eigenvalue weighted by molar-refractivity contribution is -0.111. The van der Waals surface area contributed by atoms with E-state index in [4.69, 9.17) is 0 Å². The molecule has 0 aromatic heterocycles. The Labute approximate surface area is 129 Å². The number of carbonyl (C=O) groups is 1. The smallest absolute Gasteiger partial charge is 0.387 e. The molecule has 0 unspecified atom stereocenters. The van der Waals surface area contributed by atoms with Crippen molar-refractivity contribution in [3.63, 3.8) is 0 Å². The Morgan fingerprint density at radius 3 is 2.39 bits per heavy atom. The third-order valence-electron chi connectivity index (χ3n) is 2.72. The molecular weight excluding hydrogens is 314 g/mol. The molecule has 1 amide bonds. The van der Waals surface area contributed by atoms with E-state index in [0.29, 0.717) is 11.6 Å². The van der Waals surface area contributed by atoms with E-state index < -0.39 is 24.2 Å². The summed E-state index contributed by atoms with van der Waals surface area (Å²) in [5, 5.41) is 2.25. The van der Waals surface area contributed by atoms with Crippen molar-refractivity contribution in [3.05, 3.63) is 65.7 Å². The van der Waals surface area contributed by atoms with Crippen molar-refractivity contribution in [1.82, 2.24) is 0 Å². The average Bonchev–Trinajstić information content (AvgIpc) is 2.49. The molecule has 2 aromatic rings. The number of rotatable bonds is 5. The van der Waals surface area contributed by atoms with E-state index in [-0.39, 0.29) is 11.4 Å². The second-order valence-electron chi connectivity index (χ2n) is 4.39. The molecule has 23 heavy (non-hydrogen) atoms. The topological polar surface area (TPSA) is 38.3 Å². The Morgan fingerprint density at radius 1 is 1.09 bits per heavy atom. The number of carbonyl (C=O) groups excluding carboxylic acids is 1. The van der Waals surface area contributed by atoms with Crippen LogP contribution in [0, 0.1) is 11.6 Å². The Kier molecular flexibility index (Phi) is 5.35. The van der Waals surface area contributed by atoms with E-state index in [2.05, 4.69) is 10.1 Å². The van der Waals surface area contributed by atoms with Crippen LogP contribution in [0.3, 0.4) is 0 Å². The highest BCUT2D eigenvalue weighted by molar-refractivity contribution is 6.01. The first-order valence-electron chi connectivity index (χ1n) is 6.43. The number of hydrogen-bond acceptors (Lipinski definition) is 2. The summed E-state index contributed by atoms with van der Waals surface area (Å²) in [6.07, 6.45) is 2.54. The van der Waals surface area contributed by atoms with Gasteiger partial charge in [0.2, 0.25) is 5.91 Å². The normalized spacial score (nSPS) is 11.0. The first-order chi connectivity index (χ1) is 10.9. The van der Waals surface area contributed by atoms with Gasteiger partial charge in [-0.2, -0.15) is 8.78 Å². The molecule has 0 aliphatic rings. The molecule has 0 atom stereocenters. The number of ether oxygens (including phenoxy) is 1. The minimum Gasteiger partial charge on any atom is -0.435 e. The van der Waals surface area contributed by atoms with E-state index in [1.807, 2.05) is 0 Å². The van der Waals surface area contributed by atoms with Gasteiger partial charge in [-0.25, -0.2) is 8.78 Å². The van der Waals surface area contributed by atoms with Gasteiger partial charge in [0.15, 0.2) is 0 Å². The van der Waals surface area contributed by atoms with Gasteiger partial charge in [-0.15, -0.1) is 0 Å². The van der Waals surface area contributed by atoms with Crippen LogP contribution in [0.25, 0.3) is 6.08 Å². The summed E-state index contributed by atoms with van der Waals surface area (Å²) < 4.78 is 54.3. The zero-order valence-corrected chi connectivity index (χ0v) is 11.6. The van der Waals surface area contributed by atoms with E-state index in [0.717, 1.165) is 18.2 Å². The molecule has 0 spiro atoms. The molecule has 0 heterocycles. The van der Waals surface area contributed by atoms with E-state index in [1.54, 1.807) is 0 Å². The van der Waals surface area contributed by atoms with Crippen LogP contribution in [0.4, 0.5) is 23.2 Å². The molecule has 2 rings (SSSR count). The van der Waals surface area contributed by atoms with Gasteiger partial charge in [-0.1, -0.05) is 12.1 Å².